The summed E-state index contributed by atoms with van der Waals surface area (Å²) < 4.78 is 23.8. The van der Waals surface area contributed by atoms with Crippen molar-refractivity contribution >= 4 is 5.69 Å². The molecule has 1 aromatic carbocycles. The minimum Gasteiger partial charge on any atom is -0.489 e. The third-order valence-electron chi connectivity index (χ3n) is 2.46. The molecule has 0 radical (unpaired) electrons. The number of nitrogens with two attached hydrogens (primary N) is 1. The molecular formula is C11H14FNO2. The first kappa shape index (κ1) is 10.2. The van der Waals surface area contributed by atoms with E-state index in [-0.39, 0.29) is 11.8 Å². The molecule has 2 N–H and O–H groups in total. The second-order valence-corrected chi connectivity index (χ2v) is 3.60. The molecule has 0 aliphatic carbocycles. The first-order valence-corrected chi connectivity index (χ1v) is 5.06. The van der Waals surface area contributed by atoms with Crippen molar-refractivity contribution in [2.24, 2.45) is 0 Å². The van der Waals surface area contributed by atoms with E-state index in [2.05, 4.69) is 0 Å². The van der Waals surface area contributed by atoms with Gasteiger partial charge in [-0.25, -0.2) is 4.39 Å². The van der Waals surface area contributed by atoms with E-state index < -0.39 is 5.82 Å². The number of rotatable bonds is 3. The predicted octanol–water partition coefficient (Wildman–Crippen LogP) is 1.97. The largest absolute Gasteiger partial charge is 0.489 e. The number of hydrogen-bond acceptors (Lipinski definition) is 3. The molecule has 0 saturated carbocycles. The number of para-hydroxylation sites is 1. The van der Waals surface area contributed by atoms with E-state index in [4.69, 9.17) is 15.2 Å². The summed E-state index contributed by atoms with van der Waals surface area (Å²) in [6, 6.07) is 4.55. The van der Waals surface area contributed by atoms with Crippen LogP contribution in [0.1, 0.15) is 12.8 Å². The van der Waals surface area contributed by atoms with Gasteiger partial charge in [0, 0.05) is 6.61 Å². The van der Waals surface area contributed by atoms with Gasteiger partial charge in [-0.2, -0.15) is 0 Å². The molecule has 0 bridgehead atoms. The van der Waals surface area contributed by atoms with Crippen LogP contribution in [0.4, 0.5) is 10.1 Å². The average molecular weight is 211 g/mol. The number of hydrogen-bond donors (Lipinski definition) is 1. The Morgan fingerprint density at radius 1 is 1.53 bits per heavy atom. The fourth-order valence-electron chi connectivity index (χ4n) is 1.60. The summed E-state index contributed by atoms with van der Waals surface area (Å²) >= 11 is 0. The Balaban J connectivity index is 1.95. The van der Waals surface area contributed by atoms with Crippen molar-refractivity contribution in [2.75, 3.05) is 18.9 Å². The van der Waals surface area contributed by atoms with Gasteiger partial charge in [-0.15, -0.1) is 0 Å². The van der Waals surface area contributed by atoms with Crippen LogP contribution in [0.3, 0.4) is 0 Å². The van der Waals surface area contributed by atoms with Crippen LogP contribution < -0.4 is 10.5 Å². The highest BCUT2D eigenvalue weighted by atomic mass is 19.1. The summed E-state index contributed by atoms with van der Waals surface area (Å²) in [5.74, 6) is -0.0506. The van der Waals surface area contributed by atoms with Crippen molar-refractivity contribution in [2.45, 2.75) is 18.9 Å². The SMILES string of the molecule is Nc1c(F)cccc1OC[C@@H]1CCCO1. The molecule has 0 spiro atoms. The minimum atomic E-state index is -0.445. The van der Waals surface area contributed by atoms with Crippen LogP contribution in [-0.4, -0.2) is 19.3 Å². The van der Waals surface area contributed by atoms with Crippen molar-refractivity contribution < 1.29 is 13.9 Å². The Bertz CT molecular complexity index is 337. The van der Waals surface area contributed by atoms with Gasteiger partial charge in [0.05, 0.1) is 6.10 Å². The number of ether oxygens (including phenoxy) is 2. The van der Waals surface area contributed by atoms with Gasteiger partial charge in [0.25, 0.3) is 0 Å². The maximum Gasteiger partial charge on any atom is 0.149 e. The maximum atomic E-state index is 13.0. The Morgan fingerprint density at radius 3 is 3.13 bits per heavy atom. The molecular weight excluding hydrogens is 197 g/mol. The highest BCUT2D eigenvalue weighted by molar-refractivity contribution is 5.53. The number of benzene rings is 1. The van der Waals surface area contributed by atoms with Gasteiger partial charge in [0.15, 0.2) is 0 Å². The molecule has 2 rings (SSSR count). The van der Waals surface area contributed by atoms with E-state index in [0.717, 1.165) is 19.4 Å². The molecule has 1 fully saturated rings. The van der Waals surface area contributed by atoms with E-state index >= 15 is 0 Å². The number of halogens is 1. The van der Waals surface area contributed by atoms with Crippen LogP contribution in [0.15, 0.2) is 18.2 Å². The number of anilines is 1. The molecule has 0 unspecified atom stereocenters. The Hall–Kier alpha value is -1.29. The lowest BCUT2D eigenvalue weighted by molar-refractivity contribution is 0.0681. The van der Waals surface area contributed by atoms with Crippen molar-refractivity contribution in [1.82, 2.24) is 0 Å². The molecule has 1 aliphatic rings. The lowest BCUT2D eigenvalue weighted by Crippen LogP contribution is -2.16. The fourth-order valence-corrected chi connectivity index (χ4v) is 1.60. The average Bonchev–Trinajstić information content (AvgIpc) is 2.73. The highest BCUT2D eigenvalue weighted by Gasteiger charge is 2.16. The summed E-state index contributed by atoms with van der Waals surface area (Å²) in [4.78, 5) is 0. The molecule has 1 aliphatic heterocycles. The zero-order valence-electron chi connectivity index (χ0n) is 8.41. The predicted molar refractivity (Wildman–Crippen MR) is 55.3 cm³/mol. The van der Waals surface area contributed by atoms with Crippen molar-refractivity contribution in [1.29, 1.82) is 0 Å². The fraction of sp³-hybridized carbons (Fsp3) is 0.455. The Kier molecular flexibility index (Phi) is 3.06. The Labute approximate surface area is 88.0 Å². The van der Waals surface area contributed by atoms with E-state index in [1.54, 1.807) is 12.1 Å². The van der Waals surface area contributed by atoms with Gasteiger partial charge in [-0.3, -0.25) is 0 Å². The molecule has 15 heavy (non-hydrogen) atoms. The first-order chi connectivity index (χ1) is 7.27. The molecule has 3 nitrogen and oxygen atoms in total. The summed E-state index contributed by atoms with van der Waals surface area (Å²) in [6.07, 6.45) is 2.18. The van der Waals surface area contributed by atoms with Crippen LogP contribution in [0.25, 0.3) is 0 Å². The summed E-state index contributed by atoms with van der Waals surface area (Å²) in [7, 11) is 0. The van der Waals surface area contributed by atoms with Crippen LogP contribution in [0.5, 0.6) is 5.75 Å². The molecule has 1 aromatic rings. The monoisotopic (exact) mass is 211 g/mol. The zero-order chi connectivity index (χ0) is 10.7. The van der Waals surface area contributed by atoms with Crippen LogP contribution >= 0.6 is 0 Å². The van der Waals surface area contributed by atoms with Crippen molar-refractivity contribution in [3.05, 3.63) is 24.0 Å². The van der Waals surface area contributed by atoms with E-state index in [1.165, 1.54) is 6.07 Å². The van der Waals surface area contributed by atoms with Crippen molar-refractivity contribution in [3.8, 4) is 5.75 Å². The van der Waals surface area contributed by atoms with Gasteiger partial charge >= 0.3 is 0 Å². The van der Waals surface area contributed by atoms with Crippen LogP contribution in [-0.2, 0) is 4.74 Å². The summed E-state index contributed by atoms with van der Waals surface area (Å²) in [5, 5.41) is 0. The smallest absolute Gasteiger partial charge is 0.149 e. The van der Waals surface area contributed by atoms with Gasteiger partial charge in [-0.1, -0.05) is 6.07 Å². The lowest BCUT2D eigenvalue weighted by atomic mass is 10.2. The van der Waals surface area contributed by atoms with E-state index in [1.807, 2.05) is 0 Å². The summed E-state index contributed by atoms with van der Waals surface area (Å²) in [5.41, 5.74) is 5.59. The molecule has 0 aromatic heterocycles. The quantitative estimate of drug-likeness (QED) is 0.777. The standard InChI is InChI=1S/C11H14FNO2/c12-9-4-1-5-10(11(9)13)15-7-8-3-2-6-14-8/h1,4-5,8H,2-3,6-7,13H2/t8-/m0/s1. The molecule has 4 heteroatoms. The Morgan fingerprint density at radius 2 is 2.40 bits per heavy atom. The van der Waals surface area contributed by atoms with E-state index in [9.17, 15) is 4.39 Å². The molecule has 0 amide bonds. The minimum absolute atomic E-state index is 0.0653. The van der Waals surface area contributed by atoms with Crippen LogP contribution in [0, 0.1) is 5.82 Å². The maximum absolute atomic E-state index is 13.0. The summed E-state index contributed by atoms with van der Waals surface area (Å²) in [6.45, 7) is 1.22. The van der Waals surface area contributed by atoms with Gasteiger partial charge in [0.1, 0.15) is 23.9 Å². The second-order valence-electron chi connectivity index (χ2n) is 3.60. The van der Waals surface area contributed by atoms with Crippen LogP contribution in [0.2, 0.25) is 0 Å². The van der Waals surface area contributed by atoms with Crippen molar-refractivity contribution in [3.63, 3.8) is 0 Å². The highest BCUT2D eigenvalue weighted by Crippen LogP contribution is 2.24. The normalized spacial score (nSPS) is 20.5. The topological polar surface area (TPSA) is 44.5 Å². The number of nitrogen functional groups attached to an aromatic ring is 1. The molecule has 82 valence electrons. The lowest BCUT2D eigenvalue weighted by Gasteiger charge is -2.12. The molecule has 1 heterocycles. The molecule has 1 saturated heterocycles. The van der Waals surface area contributed by atoms with Gasteiger partial charge in [-0.05, 0) is 25.0 Å². The van der Waals surface area contributed by atoms with E-state index in [0.29, 0.717) is 12.4 Å². The third-order valence-corrected chi connectivity index (χ3v) is 2.46. The zero-order valence-corrected chi connectivity index (χ0v) is 8.41. The molecule has 1 atom stereocenters. The first-order valence-electron chi connectivity index (χ1n) is 5.06. The van der Waals surface area contributed by atoms with Gasteiger partial charge in [0.2, 0.25) is 0 Å². The van der Waals surface area contributed by atoms with Gasteiger partial charge < -0.3 is 15.2 Å². The second kappa shape index (κ2) is 4.49. The third kappa shape index (κ3) is 2.39.